The van der Waals surface area contributed by atoms with Gasteiger partial charge in [-0.15, -0.1) is 10.2 Å². The molecule has 2 heterocycles. The Bertz CT molecular complexity index is 664. The molecule has 0 spiro atoms. The van der Waals surface area contributed by atoms with Crippen LogP contribution in [0.15, 0.2) is 40.0 Å². The normalized spacial score (nSPS) is 21.0. The second-order valence-corrected chi connectivity index (χ2v) is 7.58. The molecule has 6 heteroatoms. The maximum Gasteiger partial charge on any atom is 0.277 e. The fourth-order valence-corrected chi connectivity index (χ4v) is 3.90. The standard InChI is InChI=1S/C18H23N3O2S/c1-13-8-14(2)11-21(10-13)17(22)12-24-18-20-19-16(23-18)9-15-6-4-3-5-7-15/h3-7,13-14H,8-12H2,1-2H3/t13-,14+. The van der Waals surface area contributed by atoms with Gasteiger partial charge in [-0.3, -0.25) is 4.79 Å². The van der Waals surface area contributed by atoms with E-state index in [1.807, 2.05) is 35.2 Å². The van der Waals surface area contributed by atoms with Crippen molar-refractivity contribution in [3.05, 3.63) is 41.8 Å². The molecule has 1 amide bonds. The number of amides is 1. The molecule has 0 radical (unpaired) electrons. The second kappa shape index (κ2) is 7.83. The average molecular weight is 345 g/mol. The molecule has 2 aromatic rings. The third-order valence-corrected chi connectivity index (χ3v) is 4.99. The fraction of sp³-hybridized carbons (Fsp3) is 0.500. The summed E-state index contributed by atoms with van der Waals surface area (Å²) < 4.78 is 5.64. The van der Waals surface area contributed by atoms with Crippen LogP contribution in [0, 0.1) is 11.8 Å². The molecule has 1 saturated heterocycles. The Morgan fingerprint density at radius 3 is 2.62 bits per heavy atom. The lowest BCUT2D eigenvalue weighted by molar-refractivity contribution is -0.130. The van der Waals surface area contributed by atoms with E-state index in [4.69, 9.17) is 4.42 Å². The maximum absolute atomic E-state index is 12.4. The van der Waals surface area contributed by atoms with Gasteiger partial charge in [0.15, 0.2) is 0 Å². The van der Waals surface area contributed by atoms with Crippen molar-refractivity contribution in [1.29, 1.82) is 0 Å². The van der Waals surface area contributed by atoms with Crippen LogP contribution in [0.2, 0.25) is 0 Å². The molecule has 128 valence electrons. The van der Waals surface area contributed by atoms with E-state index in [1.165, 1.54) is 18.2 Å². The van der Waals surface area contributed by atoms with Gasteiger partial charge in [-0.1, -0.05) is 55.9 Å². The number of nitrogens with zero attached hydrogens (tertiary/aromatic N) is 3. The Kier molecular flexibility index (Phi) is 5.56. The molecule has 0 N–H and O–H groups in total. The van der Waals surface area contributed by atoms with Gasteiger partial charge >= 0.3 is 0 Å². The van der Waals surface area contributed by atoms with Crippen molar-refractivity contribution in [1.82, 2.24) is 15.1 Å². The summed E-state index contributed by atoms with van der Waals surface area (Å²) in [6.45, 7) is 6.12. The van der Waals surface area contributed by atoms with Gasteiger partial charge in [0.25, 0.3) is 5.22 Å². The summed E-state index contributed by atoms with van der Waals surface area (Å²) in [6.07, 6.45) is 1.81. The highest BCUT2D eigenvalue weighted by Gasteiger charge is 2.25. The van der Waals surface area contributed by atoms with Crippen LogP contribution in [0.3, 0.4) is 0 Å². The van der Waals surface area contributed by atoms with Crippen LogP contribution in [-0.4, -0.2) is 39.8 Å². The molecule has 24 heavy (non-hydrogen) atoms. The molecule has 5 nitrogen and oxygen atoms in total. The van der Waals surface area contributed by atoms with Gasteiger partial charge in [0, 0.05) is 13.1 Å². The number of rotatable bonds is 5. The smallest absolute Gasteiger partial charge is 0.277 e. The topological polar surface area (TPSA) is 59.2 Å². The highest BCUT2D eigenvalue weighted by atomic mass is 32.2. The minimum Gasteiger partial charge on any atom is -0.416 e. The lowest BCUT2D eigenvalue weighted by Gasteiger charge is -2.34. The van der Waals surface area contributed by atoms with E-state index in [0.717, 1.165) is 18.7 Å². The Hall–Kier alpha value is -1.82. The molecule has 0 aliphatic carbocycles. The van der Waals surface area contributed by atoms with Crippen LogP contribution in [0.25, 0.3) is 0 Å². The summed E-state index contributed by atoms with van der Waals surface area (Å²) in [5.74, 6) is 2.23. The van der Waals surface area contributed by atoms with Crippen LogP contribution in [0.4, 0.5) is 0 Å². The Morgan fingerprint density at radius 1 is 1.21 bits per heavy atom. The van der Waals surface area contributed by atoms with Gasteiger partial charge in [0.2, 0.25) is 11.8 Å². The van der Waals surface area contributed by atoms with E-state index >= 15 is 0 Å². The van der Waals surface area contributed by atoms with Crippen molar-refractivity contribution in [2.45, 2.75) is 31.9 Å². The van der Waals surface area contributed by atoms with Gasteiger partial charge in [-0.2, -0.15) is 0 Å². The zero-order valence-electron chi connectivity index (χ0n) is 14.1. The average Bonchev–Trinajstić information content (AvgIpc) is 3.00. The molecule has 1 aliphatic rings. The van der Waals surface area contributed by atoms with Crippen molar-refractivity contribution < 1.29 is 9.21 Å². The first kappa shape index (κ1) is 17.0. The first-order valence-corrected chi connectivity index (χ1v) is 9.35. The lowest BCUT2D eigenvalue weighted by atomic mass is 9.92. The minimum atomic E-state index is 0.154. The predicted molar refractivity (Wildman–Crippen MR) is 93.8 cm³/mol. The fourth-order valence-electron chi connectivity index (χ4n) is 3.22. The number of thioether (sulfide) groups is 1. The third kappa shape index (κ3) is 4.60. The molecule has 0 saturated carbocycles. The number of hydrogen-bond donors (Lipinski definition) is 0. The highest BCUT2D eigenvalue weighted by molar-refractivity contribution is 7.99. The number of piperidine rings is 1. The largest absolute Gasteiger partial charge is 0.416 e. The summed E-state index contributed by atoms with van der Waals surface area (Å²) in [6, 6.07) is 10.0. The summed E-state index contributed by atoms with van der Waals surface area (Å²) >= 11 is 1.32. The summed E-state index contributed by atoms with van der Waals surface area (Å²) in [5.41, 5.74) is 1.13. The molecule has 1 aromatic carbocycles. The van der Waals surface area contributed by atoms with Gasteiger partial charge in [-0.25, -0.2) is 0 Å². The molecule has 1 aromatic heterocycles. The molecule has 0 bridgehead atoms. The Labute approximate surface area is 146 Å². The van der Waals surface area contributed by atoms with Crippen molar-refractivity contribution in [2.75, 3.05) is 18.8 Å². The van der Waals surface area contributed by atoms with Crippen LogP contribution in [0.1, 0.15) is 31.7 Å². The lowest BCUT2D eigenvalue weighted by Crippen LogP contribution is -2.43. The quantitative estimate of drug-likeness (QED) is 0.779. The van der Waals surface area contributed by atoms with Crippen molar-refractivity contribution in [2.24, 2.45) is 11.8 Å². The van der Waals surface area contributed by atoms with E-state index in [-0.39, 0.29) is 5.91 Å². The van der Waals surface area contributed by atoms with Crippen LogP contribution >= 0.6 is 11.8 Å². The van der Waals surface area contributed by atoms with Crippen LogP contribution < -0.4 is 0 Å². The zero-order chi connectivity index (χ0) is 16.9. The monoisotopic (exact) mass is 345 g/mol. The van der Waals surface area contributed by atoms with E-state index in [2.05, 4.69) is 24.0 Å². The molecular weight excluding hydrogens is 322 g/mol. The van der Waals surface area contributed by atoms with E-state index in [1.54, 1.807) is 0 Å². The number of likely N-dealkylation sites (tertiary alicyclic amines) is 1. The van der Waals surface area contributed by atoms with E-state index in [9.17, 15) is 4.79 Å². The van der Waals surface area contributed by atoms with Crippen molar-refractivity contribution >= 4 is 17.7 Å². The third-order valence-electron chi connectivity index (χ3n) is 4.19. The summed E-state index contributed by atoms with van der Waals surface area (Å²) in [5, 5.41) is 8.56. The molecule has 2 atom stereocenters. The van der Waals surface area contributed by atoms with Crippen LogP contribution in [0.5, 0.6) is 0 Å². The van der Waals surface area contributed by atoms with Gasteiger partial charge in [0.1, 0.15) is 0 Å². The maximum atomic E-state index is 12.4. The highest BCUT2D eigenvalue weighted by Crippen LogP contribution is 2.23. The van der Waals surface area contributed by atoms with Crippen LogP contribution in [-0.2, 0) is 11.2 Å². The first-order valence-electron chi connectivity index (χ1n) is 8.37. The predicted octanol–water partition coefficient (Wildman–Crippen LogP) is 3.26. The van der Waals surface area contributed by atoms with Gasteiger partial charge in [0.05, 0.1) is 12.2 Å². The number of aromatic nitrogens is 2. The van der Waals surface area contributed by atoms with Crippen molar-refractivity contribution in [3.63, 3.8) is 0 Å². The second-order valence-electron chi connectivity index (χ2n) is 6.66. The molecule has 0 unspecified atom stereocenters. The SMILES string of the molecule is C[C@@H]1C[C@H](C)CN(C(=O)CSc2nnc(Cc3ccccc3)o2)C1. The molecular formula is C18H23N3O2S. The zero-order valence-corrected chi connectivity index (χ0v) is 15.0. The number of hydrogen-bond acceptors (Lipinski definition) is 5. The molecule has 1 fully saturated rings. The minimum absolute atomic E-state index is 0.154. The molecule has 1 aliphatic heterocycles. The van der Waals surface area contributed by atoms with E-state index in [0.29, 0.717) is 35.1 Å². The number of carbonyl (C=O) groups excluding carboxylic acids is 1. The molecule has 3 rings (SSSR count). The number of carbonyl (C=O) groups is 1. The summed E-state index contributed by atoms with van der Waals surface area (Å²) in [7, 11) is 0. The first-order chi connectivity index (χ1) is 11.6. The summed E-state index contributed by atoms with van der Waals surface area (Å²) in [4.78, 5) is 14.3. The number of benzene rings is 1. The van der Waals surface area contributed by atoms with Gasteiger partial charge < -0.3 is 9.32 Å². The Balaban J connectivity index is 1.51. The Morgan fingerprint density at radius 2 is 1.92 bits per heavy atom. The van der Waals surface area contributed by atoms with E-state index < -0.39 is 0 Å². The van der Waals surface area contributed by atoms with Crippen molar-refractivity contribution in [3.8, 4) is 0 Å². The van der Waals surface area contributed by atoms with Gasteiger partial charge in [-0.05, 0) is 23.8 Å².